The minimum absolute atomic E-state index is 0.225. The molecule has 1 N–H and O–H groups in total. The van der Waals surface area contributed by atoms with E-state index in [1.807, 2.05) is 48.2 Å². The van der Waals surface area contributed by atoms with Gasteiger partial charge >= 0.3 is 0 Å². The molecule has 4 nitrogen and oxygen atoms in total. The van der Waals surface area contributed by atoms with E-state index in [1.165, 1.54) is 5.56 Å². The van der Waals surface area contributed by atoms with Crippen molar-refractivity contribution in [1.82, 2.24) is 4.90 Å². The molecule has 4 heteroatoms. The molecular weight excluding hydrogens is 326 g/mol. The number of amides is 1. The molecule has 0 spiro atoms. The van der Waals surface area contributed by atoms with Gasteiger partial charge in [-0.1, -0.05) is 30.3 Å². The maximum absolute atomic E-state index is 12.4. The van der Waals surface area contributed by atoms with Crippen LogP contribution in [0.25, 0.3) is 0 Å². The Morgan fingerprint density at radius 2 is 1.81 bits per heavy atom. The van der Waals surface area contributed by atoms with Crippen LogP contribution in [0.1, 0.15) is 42.7 Å². The molecule has 138 valence electrons. The number of rotatable bonds is 6. The first-order valence-electron chi connectivity index (χ1n) is 9.38. The Labute approximate surface area is 155 Å². The molecule has 0 bridgehead atoms. The van der Waals surface area contributed by atoms with Crippen molar-refractivity contribution in [1.29, 1.82) is 0 Å². The van der Waals surface area contributed by atoms with Crippen molar-refractivity contribution in [3.63, 3.8) is 0 Å². The summed E-state index contributed by atoms with van der Waals surface area (Å²) in [6, 6.07) is 15.4. The molecule has 2 aromatic rings. The summed E-state index contributed by atoms with van der Waals surface area (Å²) in [4.78, 5) is 14.4. The van der Waals surface area contributed by atoms with Gasteiger partial charge in [0.15, 0.2) is 0 Å². The first kappa shape index (κ1) is 18.3. The number of piperidine rings is 1. The van der Waals surface area contributed by atoms with E-state index in [9.17, 15) is 9.90 Å². The normalized spacial score (nSPS) is 15.0. The summed E-state index contributed by atoms with van der Waals surface area (Å²) in [6.45, 7) is 4.21. The monoisotopic (exact) mass is 353 g/mol. The van der Waals surface area contributed by atoms with E-state index in [4.69, 9.17) is 4.74 Å². The second-order valence-corrected chi connectivity index (χ2v) is 6.96. The lowest BCUT2D eigenvalue weighted by Crippen LogP contribution is -2.37. The highest BCUT2D eigenvalue weighted by Gasteiger charge is 2.23. The molecule has 1 aliphatic heterocycles. The molecule has 1 aliphatic rings. The van der Waals surface area contributed by atoms with Crippen LogP contribution in [0.2, 0.25) is 0 Å². The molecule has 26 heavy (non-hydrogen) atoms. The van der Waals surface area contributed by atoms with Gasteiger partial charge in [-0.3, -0.25) is 4.79 Å². The van der Waals surface area contributed by atoms with Crippen LogP contribution in [0.4, 0.5) is 0 Å². The Bertz CT molecular complexity index is 718. The van der Waals surface area contributed by atoms with Gasteiger partial charge in [-0.2, -0.15) is 0 Å². The number of phenols is 1. The highest BCUT2D eigenvalue weighted by molar-refractivity contribution is 5.76. The number of ether oxygens (including phenoxy) is 1. The van der Waals surface area contributed by atoms with Crippen molar-refractivity contribution < 1.29 is 14.6 Å². The van der Waals surface area contributed by atoms with Gasteiger partial charge in [0.2, 0.25) is 5.91 Å². The summed E-state index contributed by atoms with van der Waals surface area (Å²) >= 11 is 0. The van der Waals surface area contributed by atoms with Gasteiger partial charge in [0.1, 0.15) is 11.5 Å². The molecule has 0 radical (unpaired) electrons. The number of hydrogen-bond acceptors (Lipinski definition) is 3. The Balaban J connectivity index is 1.38. The van der Waals surface area contributed by atoms with E-state index in [0.29, 0.717) is 24.7 Å². The quantitative estimate of drug-likeness (QED) is 0.789. The van der Waals surface area contributed by atoms with E-state index in [1.54, 1.807) is 12.1 Å². The van der Waals surface area contributed by atoms with Crippen LogP contribution in [0.15, 0.2) is 48.5 Å². The Morgan fingerprint density at radius 3 is 2.50 bits per heavy atom. The van der Waals surface area contributed by atoms with Crippen LogP contribution >= 0.6 is 0 Å². The number of hydrogen-bond donors (Lipinski definition) is 1. The van der Waals surface area contributed by atoms with E-state index < -0.39 is 0 Å². The molecule has 1 amide bonds. The molecule has 1 saturated heterocycles. The van der Waals surface area contributed by atoms with Gasteiger partial charge < -0.3 is 14.7 Å². The third-order valence-corrected chi connectivity index (χ3v) is 5.10. The van der Waals surface area contributed by atoms with Crippen LogP contribution in [-0.2, 0) is 4.79 Å². The van der Waals surface area contributed by atoms with Crippen molar-refractivity contribution in [2.24, 2.45) is 0 Å². The van der Waals surface area contributed by atoms with E-state index in [-0.39, 0.29) is 5.91 Å². The van der Waals surface area contributed by atoms with Gasteiger partial charge in [0, 0.05) is 19.5 Å². The van der Waals surface area contributed by atoms with Crippen LogP contribution in [0, 0.1) is 6.92 Å². The van der Waals surface area contributed by atoms with Crippen LogP contribution < -0.4 is 4.74 Å². The van der Waals surface area contributed by atoms with E-state index in [2.05, 4.69) is 0 Å². The third kappa shape index (κ3) is 4.78. The lowest BCUT2D eigenvalue weighted by molar-refractivity contribution is -0.132. The molecular formula is C22H27NO3. The fourth-order valence-electron chi connectivity index (χ4n) is 3.49. The highest BCUT2D eigenvalue weighted by Crippen LogP contribution is 2.29. The predicted octanol–water partition coefficient (Wildman–Crippen LogP) is 4.27. The Kier molecular flexibility index (Phi) is 6.16. The van der Waals surface area contributed by atoms with E-state index >= 15 is 0 Å². The van der Waals surface area contributed by atoms with Gasteiger partial charge in [0.05, 0.1) is 6.61 Å². The van der Waals surface area contributed by atoms with Gasteiger partial charge in [-0.25, -0.2) is 0 Å². The maximum Gasteiger partial charge on any atom is 0.222 e. The van der Waals surface area contributed by atoms with Crippen LogP contribution in [0.5, 0.6) is 11.5 Å². The molecule has 0 aliphatic carbocycles. The first-order valence-corrected chi connectivity index (χ1v) is 9.38. The zero-order chi connectivity index (χ0) is 18.4. The summed E-state index contributed by atoms with van der Waals surface area (Å²) in [7, 11) is 0. The van der Waals surface area contributed by atoms with Gasteiger partial charge in [-0.05, 0) is 61.4 Å². The molecule has 0 atom stereocenters. The average molecular weight is 353 g/mol. The SMILES string of the molecule is Cc1ccccc1OCCCC(=O)N1CCC(c2ccc(O)cc2)CC1. The zero-order valence-corrected chi connectivity index (χ0v) is 15.4. The van der Waals surface area contributed by atoms with Crippen LogP contribution in [0.3, 0.4) is 0 Å². The molecule has 0 unspecified atom stereocenters. The number of aromatic hydroxyl groups is 1. The van der Waals surface area contributed by atoms with Crippen molar-refractivity contribution in [3.05, 3.63) is 59.7 Å². The molecule has 1 heterocycles. The second-order valence-electron chi connectivity index (χ2n) is 6.96. The summed E-state index contributed by atoms with van der Waals surface area (Å²) in [6.07, 6.45) is 3.24. The standard InChI is InChI=1S/C22H27NO3/c1-17-5-2-3-6-21(17)26-16-4-7-22(25)23-14-12-19(13-15-23)18-8-10-20(24)11-9-18/h2-3,5-6,8-11,19,24H,4,7,12-16H2,1H3. The Morgan fingerprint density at radius 1 is 1.12 bits per heavy atom. The average Bonchev–Trinajstić information content (AvgIpc) is 2.67. The molecule has 0 aromatic heterocycles. The fourth-order valence-corrected chi connectivity index (χ4v) is 3.49. The number of aryl methyl sites for hydroxylation is 1. The fraction of sp³-hybridized carbons (Fsp3) is 0.409. The van der Waals surface area contributed by atoms with Crippen LogP contribution in [-0.4, -0.2) is 35.6 Å². The number of para-hydroxylation sites is 1. The Hall–Kier alpha value is -2.49. The lowest BCUT2D eigenvalue weighted by Gasteiger charge is -2.32. The number of carbonyl (C=O) groups excluding carboxylic acids is 1. The summed E-state index contributed by atoms with van der Waals surface area (Å²) in [5.74, 6) is 1.90. The number of phenolic OH excluding ortho intramolecular Hbond substituents is 1. The van der Waals surface area contributed by atoms with Crippen molar-refractivity contribution in [2.75, 3.05) is 19.7 Å². The number of benzene rings is 2. The zero-order valence-electron chi connectivity index (χ0n) is 15.4. The highest BCUT2D eigenvalue weighted by atomic mass is 16.5. The topological polar surface area (TPSA) is 49.8 Å². The minimum atomic E-state index is 0.225. The molecule has 2 aromatic carbocycles. The third-order valence-electron chi connectivity index (χ3n) is 5.10. The molecule has 0 saturated carbocycles. The molecule has 1 fully saturated rings. The molecule has 3 rings (SSSR count). The van der Waals surface area contributed by atoms with E-state index in [0.717, 1.165) is 43.7 Å². The summed E-state index contributed by atoms with van der Waals surface area (Å²) in [5.41, 5.74) is 2.37. The summed E-state index contributed by atoms with van der Waals surface area (Å²) < 4.78 is 5.77. The van der Waals surface area contributed by atoms with Crippen molar-refractivity contribution in [2.45, 2.75) is 38.5 Å². The second kappa shape index (κ2) is 8.75. The number of nitrogens with zero attached hydrogens (tertiary/aromatic N) is 1. The summed E-state index contributed by atoms with van der Waals surface area (Å²) in [5, 5.41) is 9.40. The predicted molar refractivity (Wildman–Crippen MR) is 103 cm³/mol. The van der Waals surface area contributed by atoms with Gasteiger partial charge in [-0.15, -0.1) is 0 Å². The lowest BCUT2D eigenvalue weighted by atomic mass is 9.89. The number of carbonyl (C=O) groups is 1. The van der Waals surface area contributed by atoms with Crippen molar-refractivity contribution in [3.8, 4) is 11.5 Å². The maximum atomic E-state index is 12.4. The largest absolute Gasteiger partial charge is 0.508 e. The smallest absolute Gasteiger partial charge is 0.222 e. The number of likely N-dealkylation sites (tertiary alicyclic amines) is 1. The van der Waals surface area contributed by atoms with Crippen molar-refractivity contribution >= 4 is 5.91 Å². The minimum Gasteiger partial charge on any atom is -0.508 e. The van der Waals surface area contributed by atoms with Gasteiger partial charge in [0.25, 0.3) is 0 Å². The first-order chi connectivity index (χ1) is 12.6.